The van der Waals surface area contributed by atoms with Crippen molar-refractivity contribution in [2.45, 2.75) is 105 Å². The van der Waals surface area contributed by atoms with Gasteiger partial charge in [0.15, 0.2) is 0 Å². The normalized spacial score (nSPS) is 45.0. The second kappa shape index (κ2) is 8.51. The van der Waals surface area contributed by atoms with Crippen LogP contribution >= 0.6 is 0 Å². The van der Waals surface area contributed by atoms with Gasteiger partial charge in [0.25, 0.3) is 0 Å². The number of rotatable bonds is 4. The summed E-state index contributed by atoms with van der Waals surface area (Å²) >= 11 is 0. The van der Waals surface area contributed by atoms with Crippen LogP contribution < -0.4 is 0 Å². The van der Waals surface area contributed by atoms with Gasteiger partial charge in [-0.3, -0.25) is 0 Å². The van der Waals surface area contributed by atoms with Crippen LogP contribution in [-0.2, 0) is 0 Å². The maximum atomic E-state index is 9.81. The molecule has 0 aromatic carbocycles. The van der Waals surface area contributed by atoms with E-state index in [0.29, 0.717) is 16.6 Å². The lowest BCUT2D eigenvalue weighted by Gasteiger charge is -2.60. The fraction of sp³-hybridized carbons (Fsp3) is 0.793. The van der Waals surface area contributed by atoms with E-state index in [4.69, 9.17) is 0 Å². The summed E-state index contributed by atoms with van der Waals surface area (Å²) in [7, 11) is 0. The van der Waals surface area contributed by atoms with Crippen molar-refractivity contribution >= 4 is 0 Å². The van der Waals surface area contributed by atoms with Crippen LogP contribution in [0.5, 0.6) is 0 Å². The molecule has 1 unspecified atom stereocenters. The maximum absolute atomic E-state index is 9.81. The molecule has 4 rings (SSSR count). The Hall–Kier alpha value is -0.980. The molecule has 0 aromatic rings. The van der Waals surface area contributed by atoms with Gasteiger partial charge < -0.3 is 5.11 Å². The average molecular weight is 411 g/mol. The summed E-state index contributed by atoms with van der Waals surface area (Å²) in [6.07, 6.45) is 22.3. The van der Waals surface area contributed by atoms with Gasteiger partial charge in [-0.1, -0.05) is 57.4 Å². The Balaban J connectivity index is 1.52. The Labute approximate surface area is 186 Å². The Bertz CT molecular complexity index is 723. The van der Waals surface area contributed by atoms with Gasteiger partial charge in [0.1, 0.15) is 0 Å². The highest BCUT2D eigenvalue weighted by atomic mass is 16.3. The fourth-order valence-electron chi connectivity index (χ4n) is 8.97. The number of aliphatic hydroxyl groups excluding tert-OH is 1. The molecule has 0 radical (unpaired) electrons. The minimum atomic E-state index is 0.456. The van der Waals surface area contributed by atoms with Gasteiger partial charge in [-0.2, -0.15) is 0 Å². The summed E-state index contributed by atoms with van der Waals surface area (Å²) < 4.78 is 0. The lowest BCUT2D eigenvalue weighted by molar-refractivity contribution is -0.108. The van der Waals surface area contributed by atoms with Crippen molar-refractivity contribution in [2.75, 3.05) is 0 Å². The van der Waals surface area contributed by atoms with Crippen LogP contribution in [0.4, 0.5) is 0 Å². The largest absolute Gasteiger partial charge is 0.512 e. The highest BCUT2D eigenvalue weighted by molar-refractivity contribution is 5.27. The molecule has 168 valence electrons. The van der Waals surface area contributed by atoms with E-state index in [0.717, 1.165) is 41.6 Å². The van der Waals surface area contributed by atoms with E-state index < -0.39 is 0 Å². The zero-order valence-corrected chi connectivity index (χ0v) is 20.3. The number of hydrogen-bond acceptors (Lipinski definition) is 1. The maximum Gasteiger partial charge on any atom is 0.0923 e. The number of fused-ring (bicyclic) bond motifs is 5. The van der Waals surface area contributed by atoms with E-state index in [1.54, 1.807) is 12.5 Å². The van der Waals surface area contributed by atoms with E-state index in [1.807, 2.05) is 0 Å². The SMILES string of the molecule is CCC(C=CC=C(C)[C@H]1CC[C@H]2[C@@H]3CCC4CCCC[C@]4(C)[C@H]3CC[C@]12C)=C(C)O. The van der Waals surface area contributed by atoms with Crippen molar-refractivity contribution in [1.29, 1.82) is 0 Å². The topological polar surface area (TPSA) is 20.2 Å². The molecule has 0 amide bonds. The smallest absolute Gasteiger partial charge is 0.0923 e. The first kappa shape index (κ1) is 22.2. The van der Waals surface area contributed by atoms with Gasteiger partial charge in [-0.05, 0) is 118 Å². The van der Waals surface area contributed by atoms with Crippen LogP contribution in [0.3, 0.4) is 0 Å². The molecule has 30 heavy (non-hydrogen) atoms. The molecule has 0 aliphatic heterocycles. The van der Waals surface area contributed by atoms with Crippen LogP contribution in [0.2, 0.25) is 0 Å². The molecule has 1 nitrogen and oxygen atoms in total. The third kappa shape index (κ3) is 3.63. The molecule has 4 aliphatic carbocycles. The Morgan fingerprint density at radius 1 is 0.900 bits per heavy atom. The van der Waals surface area contributed by atoms with Gasteiger partial charge >= 0.3 is 0 Å². The third-order valence-corrected chi connectivity index (χ3v) is 10.6. The van der Waals surface area contributed by atoms with Crippen LogP contribution in [-0.4, -0.2) is 5.11 Å². The van der Waals surface area contributed by atoms with E-state index in [9.17, 15) is 5.11 Å². The van der Waals surface area contributed by atoms with Crippen molar-refractivity contribution in [3.63, 3.8) is 0 Å². The predicted molar refractivity (Wildman–Crippen MR) is 128 cm³/mol. The molecule has 0 aromatic heterocycles. The Kier molecular flexibility index (Phi) is 6.31. The zero-order valence-electron chi connectivity index (χ0n) is 20.3. The van der Waals surface area contributed by atoms with E-state index in [-0.39, 0.29) is 0 Å². The van der Waals surface area contributed by atoms with Gasteiger partial charge in [0, 0.05) is 0 Å². The lowest BCUT2D eigenvalue weighted by Crippen LogP contribution is -2.52. The molecule has 0 bridgehead atoms. The van der Waals surface area contributed by atoms with Crippen molar-refractivity contribution in [1.82, 2.24) is 0 Å². The zero-order chi connectivity index (χ0) is 21.5. The predicted octanol–water partition coefficient (Wildman–Crippen LogP) is 8.78. The van der Waals surface area contributed by atoms with Gasteiger partial charge in [-0.15, -0.1) is 0 Å². The van der Waals surface area contributed by atoms with Crippen LogP contribution in [0, 0.1) is 40.4 Å². The highest BCUT2D eigenvalue weighted by Crippen LogP contribution is 2.68. The summed E-state index contributed by atoms with van der Waals surface area (Å²) in [5.41, 5.74) is 3.77. The first-order valence-corrected chi connectivity index (χ1v) is 13.0. The van der Waals surface area contributed by atoms with E-state index >= 15 is 0 Å². The Morgan fingerprint density at radius 2 is 1.67 bits per heavy atom. The Morgan fingerprint density at radius 3 is 2.40 bits per heavy atom. The first-order valence-electron chi connectivity index (χ1n) is 13.0. The standard InChI is InChI=1S/C29H46O/c1-6-22(21(3)30)11-9-10-20(2)25-15-16-26-24-14-13-23-12-7-8-18-28(23,4)27(24)17-19-29(25,26)5/h9-11,23-27,30H,6-8,12-19H2,1-5H3/t23?,24-,25+,26-,27-,28-,29+/m0/s1. The number of aliphatic hydroxyl groups is 1. The van der Waals surface area contributed by atoms with E-state index in [2.05, 4.69) is 45.9 Å². The second-order valence-electron chi connectivity index (χ2n) is 11.8. The summed E-state index contributed by atoms with van der Waals surface area (Å²) in [5.74, 6) is 5.16. The van der Waals surface area contributed by atoms with Crippen molar-refractivity contribution in [3.8, 4) is 0 Å². The van der Waals surface area contributed by atoms with E-state index in [1.165, 1.54) is 64.2 Å². The number of allylic oxidation sites excluding steroid dienone is 6. The highest BCUT2D eigenvalue weighted by Gasteiger charge is 2.59. The molecule has 7 atom stereocenters. The molecule has 0 heterocycles. The minimum Gasteiger partial charge on any atom is -0.512 e. The van der Waals surface area contributed by atoms with Crippen LogP contribution in [0.25, 0.3) is 0 Å². The quantitative estimate of drug-likeness (QED) is 0.362. The van der Waals surface area contributed by atoms with Crippen molar-refractivity contribution < 1.29 is 5.11 Å². The molecule has 4 aliphatic rings. The monoisotopic (exact) mass is 410 g/mol. The molecular formula is C29H46O. The molecule has 0 saturated heterocycles. The first-order chi connectivity index (χ1) is 14.3. The van der Waals surface area contributed by atoms with Gasteiger partial charge in [0.05, 0.1) is 5.76 Å². The summed E-state index contributed by atoms with van der Waals surface area (Å²) in [6.45, 7) is 11.6. The lowest BCUT2D eigenvalue weighted by atomic mass is 9.44. The molecule has 1 heteroatoms. The molecule has 4 saturated carbocycles. The second-order valence-corrected chi connectivity index (χ2v) is 11.8. The molecule has 0 spiro atoms. The minimum absolute atomic E-state index is 0.456. The summed E-state index contributed by atoms with van der Waals surface area (Å²) in [5, 5.41) is 9.81. The van der Waals surface area contributed by atoms with Crippen molar-refractivity contribution in [3.05, 3.63) is 35.1 Å². The molecule has 1 N–H and O–H groups in total. The van der Waals surface area contributed by atoms with Crippen molar-refractivity contribution in [2.24, 2.45) is 40.4 Å². The fourth-order valence-corrected chi connectivity index (χ4v) is 8.97. The van der Waals surface area contributed by atoms with Crippen LogP contribution in [0.15, 0.2) is 35.1 Å². The molecular weight excluding hydrogens is 364 g/mol. The summed E-state index contributed by atoms with van der Waals surface area (Å²) in [4.78, 5) is 0. The third-order valence-electron chi connectivity index (χ3n) is 10.6. The number of hydrogen-bond donors (Lipinski definition) is 1. The average Bonchev–Trinajstić information content (AvgIpc) is 3.07. The van der Waals surface area contributed by atoms with Gasteiger partial charge in [0.2, 0.25) is 0 Å². The van der Waals surface area contributed by atoms with Gasteiger partial charge in [-0.25, -0.2) is 0 Å². The summed E-state index contributed by atoms with van der Waals surface area (Å²) in [6, 6.07) is 0. The van der Waals surface area contributed by atoms with Crippen LogP contribution in [0.1, 0.15) is 105 Å². The molecule has 4 fully saturated rings.